The molecule has 0 aliphatic heterocycles. The van der Waals surface area contributed by atoms with Crippen molar-refractivity contribution in [3.63, 3.8) is 0 Å². The van der Waals surface area contributed by atoms with Crippen LogP contribution in [0.4, 0.5) is 5.69 Å². The Hall–Kier alpha value is -1.75. The smallest absolute Gasteiger partial charge is 0.323 e. The summed E-state index contributed by atoms with van der Waals surface area (Å²) in [6, 6.07) is 5.74. The zero-order valence-corrected chi connectivity index (χ0v) is 9.16. The van der Waals surface area contributed by atoms with Crippen molar-refractivity contribution in [3.05, 3.63) is 28.7 Å². The lowest BCUT2D eigenvalue weighted by atomic mass is 10.2. The largest absolute Gasteiger partial charge is 0.396 e. The van der Waals surface area contributed by atoms with Crippen molar-refractivity contribution in [1.29, 1.82) is 0 Å². The van der Waals surface area contributed by atoms with E-state index >= 15 is 0 Å². The second-order valence-corrected chi connectivity index (χ2v) is 3.81. The normalized spacial score (nSPS) is 10.9. The van der Waals surface area contributed by atoms with Crippen molar-refractivity contribution in [1.82, 2.24) is 9.97 Å². The standard InChI is InChI=1S/C11H15N3O2/c1-14(5-2-6-15)8-3-4-9-10(7-8)13-11(16)12-9/h3-4,7,15H,2,5-6H2,1H3,(H2,12,13,16). The summed E-state index contributed by atoms with van der Waals surface area (Å²) in [4.78, 5) is 18.5. The lowest BCUT2D eigenvalue weighted by Crippen LogP contribution is -2.19. The second kappa shape index (κ2) is 4.40. The summed E-state index contributed by atoms with van der Waals surface area (Å²) in [5.74, 6) is 0. The molecule has 0 amide bonds. The van der Waals surface area contributed by atoms with E-state index in [4.69, 9.17) is 5.11 Å². The van der Waals surface area contributed by atoms with E-state index < -0.39 is 0 Å². The number of anilines is 1. The van der Waals surface area contributed by atoms with Crippen LogP contribution in [0.3, 0.4) is 0 Å². The van der Waals surface area contributed by atoms with E-state index in [2.05, 4.69) is 9.97 Å². The summed E-state index contributed by atoms with van der Waals surface area (Å²) in [6.45, 7) is 0.976. The molecule has 16 heavy (non-hydrogen) atoms. The molecule has 1 aromatic carbocycles. The van der Waals surface area contributed by atoms with Crippen LogP contribution in [0.5, 0.6) is 0 Å². The van der Waals surface area contributed by atoms with Gasteiger partial charge in [0, 0.05) is 25.9 Å². The van der Waals surface area contributed by atoms with Gasteiger partial charge in [-0.15, -0.1) is 0 Å². The number of fused-ring (bicyclic) bond motifs is 1. The molecule has 0 saturated carbocycles. The lowest BCUT2D eigenvalue weighted by Gasteiger charge is -2.18. The molecule has 1 heterocycles. The molecule has 0 bridgehead atoms. The zero-order chi connectivity index (χ0) is 11.5. The van der Waals surface area contributed by atoms with Crippen LogP contribution in [0.1, 0.15) is 6.42 Å². The average molecular weight is 221 g/mol. The number of hydrogen-bond donors (Lipinski definition) is 3. The van der Waals surface area contributed by atoms with Crippen LogP contribution in [-0.2, 0) is 0 Å². The molecule has 0 aliphatic rings. The van der Waals surface area contributed by atoms with Gasteiger partial charge in [-0.05, 0) is 24.6 Å². The van der Waals surface area contributed by atoms with E-state index in [0.29, 0.717) is 0 Å². The van der Waals surface area contributed by atoms with Crippen LogP contribution in [-0.4, -0.2) is 35.3 Å². The number of imidazole rings is 1. The topological polar surface area (TPSA) is 72.1 Å². The third-order valence-electron chi connectivity index (χ3n) is 2.59. The van der Waals surface area contributed by atoms with Gasteiger partial charge in [-0.2, -0.15) is 0 Å². The van der Waals surface area contributed by atoms with Crippen molar-refractivity contribution in [2.45, 2.75) is 6.42 Å². The minimum Gasteiger partial charge on any atom is -0.396 e. The average Bonchev–Trinajstić information content (AvgIpc) is 2.64. The molecule has 1 aromatic heterocycles. The molecule has 0 aliphatic carbocycles. The lowest BCUT2D eigenvalue weighted by molar-refractivity contribution is 0.290. The molecular formula is C11H15N3O2. The highest BCUT2D eigenvalue weighted by Crippen LogP contribution is 2.17. The van der Waals surface area contributed by atoms with Gasteiger partial charge in [0.15, 0.2) is 0 Å². The quantitative estimate of drug-likeness (QED) is 0.710. The number of aromatic nitrogens is 2. The predicted octanol–water partition coefficient (Wildman–Crippen LogP) is 0.675. The maximum Gasteiger partial charge on any atom is 0.323 e. The van der Waals surface area contributed by atoms with E-state index in [1.54, 1.807) is 0 Å². The molecular weight excluding hydrogens is 206 g/mol. The molecule has 5 heteroatoms. The summed E-state index contributed by atoms with van der Waals surface area (Å²) in [7, 11) is 1.96. The molecule has 0 saturated heterocycles. The molecule has 0 spiro atoms. The first-order chi connectivity index (χ1) is 7.70. The van der Waals surface area contributed by atoms with Crippen LogP contribution in [0.2, 0.25) is 0 Å². The first kappa shape index (κ1) is 10.8. The summed E-state index contributed by atoms with van der Waals surface area (Å²) in [6.07, 6.45) is 0.734. The number of benzene rings is 1. The number of aliphatic hydroxyl groups excluding tert-OH is 1. The van der Waals surface area contributed by atoms with E-state index in [1.165, 1.54) is 0 Å². The highest BCUT2D eigenvalue weighted by atomic mass is 16.3. The molecule has 3 N–H and O–H groups in total. The zero-order valence-electron chi connectivity index (χ0n) is 9.16. The van der Waals surface area contributed by atoms with Crippen molar-refractivity contribution >= 4 is 16.7 Å². The van der Waals surface area contributed by atoms with Crippen LogP contribution in [0.25, 0.3) is 11.0 Å². The fourth-order valence-electron chi connectivity index (χ4n) is 1.69. The van der Waals surface area contributed by atoms with Crippen LogP contribution >= 0.6 is 0 Å². The molecule has 5 nitrogen and oxygen atoms in total. The molecule has 2 aromatic rings. The number of nitrogens with one attached hydrogen (secondary N) is 2. The predicted molar refractivity (Wildman–Crippen MR) is 63.9 cm³/mol. The summed E-state index contributed by atoms with van der Waals surface area (Å²) < 4.78 is 0. The Morgan fingerprint density at radius 2 is 2.06 bits per heavy atom. The molecule has 2 rings (SSSR count). The SMILES string of the molecule is CN(CCCO)c1ccc2[nH]c(=O)[nH]c2c1. The number of aliphatic hydroxyl groups is 1. The number of nitrogens with zero attached hydrogens (tertiary/aromatic N) is 1. The van der Waals surface area contributed by atoms with Crippen molar-refractivity contribution in [2.24, 2.45) is 0 Å². The Bertz CT molecular complexity index is 529. The first-order valence-electron chi connectivity index (χ1n) is 5.25. The third-order valence-corrected chi connectivity index (χ3v) is 2.59. The molecule has 0 radical (unpaired) electrons. The van der Waals surface area contributed by atoms with Gasteiger partial charge >= 0.3 is 5.69 Å². The van der Waals surface area contributed by atoms with Crippen LogP contribution in [0.15, 0.2) is 23.0 Å². The third kappa shape index (κ3) is 2.09. The summed E-state index contributed by atoms with van der Waals surface area (Å²) >= 11 is 0. The number of H-pyrrole nitrogens is 2. The summed E-state index contributed by atoms with van der Waals surface area (Å²) in [5, 5.41) is 8.76. The van der Waals surface area contributed by atoms with Gasteiger partial charge in [0.2, 0.25) is 0 Å². The minimum atomic E-state index is -0.190. The highest BCUT2D eigenvalue weighted by Gasteiger charge is 2.03. The van der Waals surface area contributed by atoms with Crippen LogP contribution in [0, 0.1) is 0 Å². The number of rotatable bonds is 4. The number of aromatic amines is 2. The van der Waals surface area contributed by atoms with Gasteiger partial charge in [0.25, 0.3) is 0 Å². The molecule has 86 valence electrons. The van der Waals surface area contributed by atoms with Gasteiger partial charge in [-0.3, -0.25) is 0 Å². The van der Waals surface area contributed by atoms with Gasteiger partial charge in [0.1, 0.15) is 0 Å². The van der Waals surface area contributed by atoms with Crippen molar-refractivity contribution < 1.29 is 5.11 Å². The fraction of sp³-hybridized carbons (Fsp3) is 0.364. The van der Waals surface area contributed by atoms with Crippen LogP contribution < -0.4 is 10.6 Å². The van der Waals surface area contributed by atoms with Gasteiger partial charge < -0.3 is 20.0 Å². The highest BCUT2D eigenvalue weighted by molar-refractivity contribution is 5.78. The van der Waals surface area contributed by atoms with E-state index in [1.807, 2.05) is 30.1 Å². The Kier molecular flexibility index (Phi) is 2.96. The Labute approximate surface area is 92.7 Å². The maximum atomic E-state index is 11.1. The Morgan fingerprint density at radius 1 is 1.31 bits per heavy atom. The Morgan fingerprint density at radius 3 is 2.81 bits per heavy atom. The first-order valence-corrected chi connectivity index (χ1v) is 5.25. The van der Waals surface area contributed by atoms with Crippen molar-refractivity contribution in [3.8, 4) is 0 Å². The molecule has 0 atom stereocenters. The Balaban J connectivity index is 2.27. The van der Waals surface area contributed by atoms with Gasteiger partial charge in [-0.1, -0.05) is 0 Å². The van der Waals surface area contributed by atoms with Gasteiger partial charge in [0.05, 0.1) is 11.0 Å². The van der Waals surface area contributed by atoms with E-state index in [-0.39, 0.29) is 12.3 Å². The maximum absolute atomic E-state index is 11.1. The molecule has 0 fully saturated rings. The molecule has 0 unspecified atom stereocenters. The second-order valence-electron chi connectivity index (χ2n) is 3.81. The van der Waals surface area contributed by atoms with Gasteiger partial charge in [-0.25, -0.2) is 4.79 Å². The minimum absolute atomic E-state index is 0.188. The fourth-order valence-corrected chi connectivity index (χ4v) is 1.69. The van der Waals surface area contributed by atoms with E-state index in [9.17, 15) is 4.79 Å². The van der Waals surface area contributed by atoms with E-state index in [0.717, 1.165) is 29.7 Å². The summed E-state index contributed by atoms with van der Waals surface area (Å²) in [5.41, 5.74) is 2.45. The monoisotopic (exact) mass is 221 g/mol. The number of hydrogen-bond acceptors (Lipinski definition) is 3. The van der Waals surface area contributed by atoms with Crippen molar-refractivity contribution in [2.75, 3.05) is 25.1 Å².